The Balaban J connectivity index is 2.17. The van der Waals surface area contributed by atoms with E-state index in [2.05, 4.69) is 17.6 Å². The SMILES string of the molecule is CCNC(=NCc1c(OC)cc(OC)cc1OC)NC1CCCCC1. The first kappa shape index (κ1) is 19.2. The largest absolute Gasteiger partial charge is 0.496 e. The van der Waals surface area contributed by atoms with Crippen LogP contribution in [0.25, 0.3) is 0 Å². The van der Waals surface area contributed by atoms with Crippen LogP contribution in [0.3, 0.4) is 0 Å². The summed E-state index contributed by atoms with van der Waals surface area (Å²) in [6.07, 6.45) is 6.33. The van der Waals surface area contributed by atoms with Gasteiger partial charge in [-0.3, -0.25) is 0 Å². The van der Waals surface area contributed by atoms with Crippen molar-refractivity contribution in [2.24, 2.45) is 4.99 Å². The van der Waals surface area contributed by atoms with E-state index >= 15 is 0 Å². The predicted octanol–water partition coefficient (Wildman–Crippen LogP) is 3.10. The summed E-state index contributed by atoms with van der Waals surface area (Å²) >= 11 is 0. The van der Waals surface area contributed by atoms with Crippen molar-refractivity contribution < 1.29 is 14.2 Å². The number of ether oxygens (including phenoxy) is 3. The maximum Gasteiger partial charge on any atom is 0.191 e. The molecule has 6 heteroatoms. The lowest BCUT2D eigenvalue weighted by atomic mass is 9.96. The first-order valence-corrected chi connectivity index (χ1v) is 9.05. The number of methoxy groups -OCH3 is 3. The zero-order valence-corrected chi connectivity index (χ0v) is 15.9. The second-order valence-electron chi connectivity index (χ2n) is 6.18. The molecule has 2 rings (SSSR count). The van der Waals surface area contributed by atoms with Gasteiger partial charge >= 0.3 is 0 Å². The quantitative estimate of drug-likeness (QED) is 0.585. The highest BCUT2D eigenvalue weighted by molar-refractivity contribution is 5.80. The van der Waals surface area contributed by atoms with E-state index in [9.17, 15) is 0 Å². The monoisotopic (exact) mass is 349 g/mol. The molecule has 0 atom stereocenters. The van der Waals surface area contributed by atoms with Gasteiger partial charge in [0.2, 0.25) is 0 Å². The Kier molecular flexibility index (Phi) is 7.70. The molecule has 0 unspecified atom stereocenters. The van der Waals surface area contributed by atoms with E-state index < -0.39 is 0 Å². The van der Waals surface area contributed by atoms with E-state index in [-0.39, 0.29) is 0 Å². The molecule has 0 heterocycles. The average molecular weight is 349 g/mol. The fourth-order valence-corrected chi connectivity index (χ4v) is 3.15. The molecule has 0 aromatic heterocycles. The van der Waals surface area contributed by atoms with Gasteiger partial charge in [-0.1, -0.05) is 19.3 Å². The number of guanidine groups is 1. The Hall–Kier alpha value is -2.11. The molecule has 1 aromatic rings. The Morgan fingerprint density at radius 2 is 1.68 bits per heavy atom. The normalized spacial score (nSPS) is 15.6. The Morgan fingerprint density at radius 3 is 2.20 bits per heavy atom. The minimum Gasteiger partial charge on any atom is -0.496 e. The summed E-state index contributed by atoms with van der Waals surface area (Å²) in [6.45, 7) is 3.38. The van der Waals surface area contributed by atoms with E-state index in [1.165, 1.54) is 32.1 Å². The third kappa shape index (κ3) is 5.44. The van der Waals surface area contributed by atoms with Crippen molar-refractivity contribution >= 4 is 5.96 Å². The zero-order chi connectivity index (χ0) is 18.1. The standard InChI is InChI=1S/C19H31N3O3/c1-5-20-19(22-14-9-7-6-8-10-14)21-13-16-17(24-3)11-15(23-2)12-18(16)25-4/h11-12,14H,5-10,13H2,1-4H3,(H2,20,21,22). The van der Waals surface area contributed by atoms with E-state index in [4.69, 9.17) is 19.2 Å². The van der Waals surface area contributed by atoms with E-state index in [1.54, 1.807) is 21.3 Å². The van der Waals surface area contributed by atoms with E-state index in [0.29, 0.717) is 29.8 Å². The summed E-state index contributed by atoms with van der Waals surface area (Å²) in [5.74, 6) is 2.98. The van der Waals surface area contributed by atoms with Crippen molar-refractivity contribution in [1.29, 1.82) is 0 Å². The molecule has 140 valence electrons. The van der Waals surface area contributed by atoms with Crippen LogP contribution in [0, 0.1) is 0 Å². The molecule has 1 saturated carbocycles. The van der Waals surface area contributed by atoms with Crippen molar-refractivity contribution in [1.82, 2.24) is 10.6 Å². The lowest BCUT2D eigenvalue weighted by Crippen LogP contribution is -2.44. The van der Waals surface area contributed by atoms with Gasteiger partial charge in [-0.2, -0.15) is 0 Å². The first-order valence-electron chi connectivity index (χ1n) is 9.05. The Labute approximate surface area is 151 Å². The molecule has 0 aliphatic heterocycles. The third-order valence-corrected chi connectivity index (χ3v) is 4.50. The van der Waals surface area contributed by atoms with Crippen LogP contribution in [-0.2, 0) is 6.54 Å². The number of hydrogen-bond acceptors (Lipinski definition) is 4. The lowest BCUT2D eigenvalue weighted by Gasteiger charge is -2.25. The maximum absolute atomic E-state index is 5.50. The fraction of sp³-hybridized carbons (Fsp3) is 0.632. The summed E-state index contributed by atoms with van der Waals surface area (Å²) < 4.78 is 16.3. The van der Waals surface area contributed by atoms with Crippen molar-refractivity contribution in [3.8, 4) is 17.2 Å². The van der Waals surface area contributed by atoms with Gasteiger partial charge in [0.05, 0.1) is 33.4 Å². The lowest BCUT2D eigenvalue weighted by molar-refractivity contribution is 0.369. The van der Waals surface area contributed by atoms with Crippen molar-refractivity contribution in [2.75, 3.05) is 27.9 Å². The maximum atomic E-state index is 5.50. The van der Waals surface area contributed by atoms with Crippen LogP contribution >= 0.6 is 0 Å². The smallest absolute Gasteiger partial charge is 0.191 e. The molecule has 0 bridgehead atoms. The molecule has 25 heavy (non-hydrogen) atoms. The summed E-state index contributed by atoms with van der Waals surface area (Å²) in [5.41, 5.74) is 0.909. The molecule has 1 aromatic carbocycles. The first-order chi connectivity index (χ1) is 12.2. The number of nitrogens with one attached hydrogen (secondary N) is 2. The van der Waals surface area contributed by atoms with E-state index in [0.717, 1.165) is 18.1 Å². The predicted molar refractivity (Wildman–Crippen MR) is 101 cm³/mol. The number of hydrogen-bond donors (Lipinski definition) is 2. The van der Waals surface area contributed by atoms with Crippen LogP contribution in [0.1, 0.15) is 44.6 Å². The average Bonchev–Trinajstić information content (AvgIpc) is 2.66. The molecule has 1 aliphatic carbocycles. The molecule has 1 fully saturated rings. The van der Waals surface area contributed by atoms with Crippen molar-refractivity contribution in [3.05, 3.63) is 17.7 Å². The highest BCUT2D eigenvalue weighted by atomic mass is 16.5. The van der Waals surface area contributed by atoms with Crippen LogP contribution in [-0.4, -0.2) is 39.9 Å². The van der Waals surface area contributed by atoms with Crippen LogP contribution in [0.5, 0.6) is 17.2 Å². The zero-order valence-electron chi connectivity index (χ0n) is 15.9. The van der Waals surface area contributed by atoms with Gasteiger partial charge in [-0.15, -0.1) is 0 Å². The van der Waals surface area contributed by atoms with Crippen LogP contribution in [0.15, 0.2) is 17.1 Å². The van der Waals surface area contributed by atoms with Gasteiger partial charge < -0.3 is 24.8 Å². The molecular weight excluding hydrogens is 318 g/mol. The van der Waals surface area contributed by atoms with Crippen molar-refractivity contribution in [2.45, 2.75) is 51.6 Å². The molecule has 0 radical (unpaired) electrons. The van der Waals surface area contributed by atoms with Crippen LogP contribution in [0.4, 0.5) is 0 Å². The highest BCUT2D eigenvalue weighted by Gasteiger charge is 2.16. The third-order valence-electron chi connectivity index (χ3n) is 4.50. The minimum absolute atomic E-state index is 0.471. The summed E-state index contributed by atoms with van der Waals surface area (Å²) in [5, 5.41) is 6.89. The highest BCUT2D eigenvalue weighted by Crippen LogP contribution is 2.34. The Bertz CT molecular complexity index is 544. The van der Waals surface area contributed by atoms with Crippen LogP contribution < -0.4 is 24.8 Å². The minimum atomic E-state index is 0.471. The Morgan fingerprint density at radius 1 is 1.04 bits per heavy atom. The van der Waals surface area contributed by atoms with Gasteiger partial charge in [0.15, 0.2) is 5.96 Å². The van der Waals surface area contributed by atoms with Gasteiger partial charge in [0, 0.05) is 24.7 Å². The summed E-state index contributed by atoms with van der Waals surface area (Å²) in [4.78, 5) is 4.74. The summed E-state index contributed by atoms with van der Waals surface area (Å²) in [7, 11) is 4.92. The second kappa shape index (κ2) is 10.0. The molecule has 1 aliphatic rings. The topological polar surface area (TPSA) is 64.1 Å². The molecule has 2 N–H and O–H groups in total. The fourth-order valence-electron chi connectivity index (χ4n) is 3.15. The molecule has 6 nitrogen and oxygen atoms in total. The number of rotatable bonds is 7. The van der Waals surface area contributed by atoms with Gasteiger partial charge in [-0.05, 0) is 19.8 Å². The molecule has 0 amide bonds. The summed E-state index contributed by atoms with van der Waals surface area (Å²) in [6, 6.07) is 4.22. The molecule has 0 spiro atoms. The number of nitrogens with zero attached hydrogens (tertiary/aromatic N) is 1. The van der Waals surface area contributed by atoms with Gasteiger partial charge in [0.1, 0.15) is 17.2 Å². The van der Waals surface area contributed by atoms with E-state index in [1.807, 2.05) is 12.1 Å². The molecular formula is C19H31N3O3. The van der Waals surface area contributed by atoms with Crippen molar-refractivity contribution in [3.63, 3.8) is 0 Å². The molecule has 0 saturated heterocycles. The second-order valence-corrected chi connectivity index (χ2v) is 6.18. The van der Waals surface area contributed by atoms with Crippen LogP contribution in [0.2, 0.25) is 0 Å². The van der Waals surface area contributed by atoms with Gasteiger partial charge in [-0.25, -0.2) is 4.99 Å². The number of aliphatic imine (C=N–C) groups is 1. The van der Waals surface area contributed by atoms with Gasteiger partial charge in [0.25, 0.3) is 0 Å². The number of benzene rings is 1.